The Hall–Kier alpha value is -2.62. The number of hydrogen-bond donors (Lipinski definition) is 1. The van der Waals surface area contributed by atoms with Crippen molar-refractivity contribution in [2.24, 2.45) is 4.99 Å². The van der Waals surface area contributed by atoms with Gasteiger partial charge in [-0.15, -0.1) is 10.2 Å². The van der Waals surface area contributed by atoms with Crippen LogP contribution in [0.25, 0.3) is 0 Å². The number of rotatable bonds is 3. The number of carbonyl (C=O) groups excluding carboxylic acids is 1. The van der Waals surface area contributed by atoms with Crippen molar-refractivity contribution in [3.63, 3.8) is 0 Å². The third-order valence-corrected chi connectivity index (χ3v) is 4.21. The summed E-state index contributed by atoms with van der Waals surface area (Å²) in [6.07, 6.45) is 1.27. The second-order valence-corrected chi connectivity index (χ2v) is 5.98. The first-order chi connectivity index (χ1) is 12.0. The van der Waals surface area contributed by atoms with E-state index >= 15 is 0 Å². The number of nitrogens with one attached hydrogen (secondary N) is 1. The van der Waals surface area contributed by atoms with Crippen LogP contribution in [0, 0.1) is 5.82 Å². The highest BCUT2D eigenvalue weighted by molar-refractivity contribution is 9.10. The summed E-state index contributed by atoms with van der Waals surface area (Å²) in [5.41, 5.74) is 1.49. The Labute approximate surface area is 150 Å². The monoisotopic (exact) mass is 408 g/mol. The predicted octanol–water partition coefficient (Wildman–Crippen LogP) is 1.96. The molecular weight excluding hydrogens is 395 g/mol. The minimum Gasteiger partial charge on any atom is -0.463 e. The van der Waals surface area contributed by atoms with Crippen LogP contribution in [0.3, 0.4) is 0 Å². The molecule has 0 aliphatic carbocycles. The molecule has 1 N–H and O–H groups in total. The third kappa shape index (κ3) is 3.43. The lowest BCUT2D eigenvalue weighted by molar-refractivity contribution is -0.138. The Balaban J connectivity index is 2.11. The van der Waals surface area contributed by atoms with Crippen LogP contribution in [-0.4, -0.2) is 38.7 Å². The molecule has 0 radical (unpaired) electrons. The average molecular weight is 409 g/mol. The van der Waals surface area contributed by atoms with E-state index in [2.05, 4.69) is 41.6 Å². The molecule has 1 aromatic heterocycles. The van der Waals surface area contributed by atoms with E-state index in [0.29, 0.717) is 27.3 Å². The highest BCUT2D eigenvalue weighted by atomic mass is 79.9. The van der Waals surface area contributed by atoms with E-state index in [9.17, 15) is 9.18 Å². The van der Waals surface area contributed by atoms with E-state index in [0.717, 1.165) is 0 Å². The van der Waals surface area contributed by atoms with E-state index in [1.54, 1.807) is 19.9 Å². The van der Waals surface area contributed by atoms with Crippen molar-refractivity contribution in [1.29, 1.82) is 0 Å². The molecule has 1 aromatic carbocycles. The van der Waals surface area contributed by atoms with Gasteiger partial charge in [0.2, 0.25) is 5.96 Å². The van der Waals surface area contributed by atoms with Gasteiger partial charge in [-0.3, -0.25) is 0 Å². The molecule has 10 heteroatoms. The van der Waals surface area contributed by atoms with Crippen LogP contribution in [0.4, 0.5) is 4.39 Å². The molecular formula is C15H14BrFN6O2. The number of hydrogen-bond acceptors (Lipinski definition) is 7. The summed E-state index contributed by atoms with van der Waals surface area (Å²) in [5, 5.41) is 14.4. The van der Waals surface area contributed by atoms with Crippen molar-refractivity contribution in [3.05, 3.63) is 51.6 Å². The smallest absolute Gasteiger partial charge is 0.338 e. The molecule has 1 aliphatic heterocycles. The van der Waals surface area contributed by atoms with Crippen LogP contribution >= 0.6 is 15.9 Å². The molecule has 1 atom stereocenters. The van der Waals surface area contributed by atoms with Gasteiger partial charge in [0.25, 0.3) is 0 Å². The van der Waals surface area contributed by atoms with Gasteiger partial charge < -0.3 is 10.1 Å². The minimum atomic E-state index is -0.712. The Morgan fingerprint density at radius 1 is 1.48 bits per heavy atom. The molecule has 1 unspecified atom stereocenters. The van der Waals surface area contributed by atoms with E-state index in [1.807, 2.05) is 0 Å². The van der Waals surface area contributed by atoms with Crippen molar-refractivity contribution >= 4 is 27.9 Å². The van der Waals surface area contributed by atoms with Crippen molar-refractivity contribution in [2.45, 2.75) is 19.9 Å². The average Bonchev–Trinajstić information content (AvgIpc) is 3.08. The number of aromatic nitrogens is 4. The van der Waals surface area contributed by atoms with Gasteiger partial charge in [-0.2, -0.15) is 0 Å². The van der Waals surface area contributed by atoms with Gasteiger partial charge in [-0.25, -0.2) is 14.2 Å². The molecule has 0 spiro atoms. The molecule has 0 fully saturated rings. The normalized spacial score (nSPS) is 17.1. The molecule has 2 heterocycles. The lowest BCUT2D eigenvalue weighted by atomic mass is 9.96. The lowest BCUT2D eigenvalue weighted by Crippen LogP contribution is -2.37. The highest BCUT2D eigenvalue weighted by Crippen LogP contribution is 2.35. The maximum absolute atomic E-state index is 13.5. The first kappa shape index (κ1) is 17.2. The zero-order valence-electron chi connectivity index (χ0n) is 13.4. The molecule has 1 aliphatic rings. The fourth-order valence-electron chi connectivity index (χ4n) is 2.45. The molecule has 25 heavy (non-hydrogen) atoms. The first-order valence-corrected chi connectivity index (χ1v) is 8.21. The van der Waals surface area contributed by atoms with Crippen molar-refractivity contribution < 1.29 is 13.9 Å². The quantitative estimate of drug-likeness (QED) is 0.780. The second kappa shape index (κ2) is 7.09. The molecule has 3 rings (SSSR count). The number of carbonyl (C=O) groups is 1. The van der Waals surface area contributed by atoms with Crippen LogP contribution in [0.1, 0.15) is 25.5 Å². The first-order valence-electron chi connectivity index (χ1n) is 7.42. The minimum absolute atomic E-state index is 0.230. The second-order valence-electron chi connectivity index (χ2n) is 5.13. The van der Waals surface area contributed by atoms with Crippen molar-refractivity contribution in [3.8, 4) is 0 Å². The highest BCUT2D eigenvalue weighted by Gasteiger charge is 2.32. The molecule has 0 saturated heterocycles. The maximum atomic E-state index is 13.5. The van der Waals surface area contributed by atoms with E-state index in [1.165, 1.54) is 23.3 Å². The van der Waals surface area contributed by atoms with Gasteiger partial charge in [0, 0.05) is 10.2 Å². The zero-order chi connectivity index (χ0) is 18.0. The van der Waals surface area contributed by atoms with Crippen LogP contribution < -0.4 is 5.32 Å². The number of nitrogens with zero attached hydrogens (tertiary/aromatic N) is 5. The van der Waals surface area contributed by atoms with Crippen LogP contribution in [-0.2, 0) is 9.53 Å². The number of benzene rings is 1. The van der Waals surface area contributed by atoms with Gasteiger partial charge >= 0.3 is 5.97 Å². The summed E-state index contributed by atoms with van der Waals surface area (Å²) in [5.74, 6) is -0.600. The molecule has 2 aromatic rings. The molecule has 0 amide bonds. The summed E-state index contributed by atoms with van der Waals surface area (Å²) in [7, 11) is 0. The fraction of sp³-hybridized carbons (Fsp3) is 0.267. The maximum Gasteiger partial charge on any atom is 0.338 e. The molecule has 0 bridgehead atoms. The summed E-state index contributed by atoms with van der Waals surface area (Å²) in [6, 6.07) is 3.48. The number of allylic oxidation sites excluding steroid dienone is 1. The Morgan fingerprint density at radius 2 is 2.28 bits per heavy atom. The van der Waals surface area contributed by atoms with Crippen LogP contribution in [0.15, 0.2) is 45.3 Å². The predicted molar refractivity (Wildman–Crippen MR) is 90.0 cm³/mol. The largest absolute Gasteiger partial charge is 0.463 e. The van der Waals surface area contributed by atoms with Gasteiger partial charge in [0.1, 0.15) is 11.9 Å². The lowest BCUT2D eigenvalue weighted by Gasteiger charge is -2.25. The number of tetrazole rings is 1. The van der Waals surface area contributed by atoms with E-state index in [4.69, 9.17) is 4.74 Å². The summed E-state index contributed by atoms with van der Waals surface area (Å²) >= 11 is 3.33. The third-order valence-electron chi connectivity index (χ3n) is 3.52. The SMILES string of the molecule is CCOC(=O)C1=C(C)NC(n2ncnn2)=NC1c1ccc(F)cc1Br. The fourth-order valence-corrected chi connectivity index (χ4v) is 3.01. The summed E-state index contributed by atoms with van der Waals surface area (Å²) in [4.78, 5) is 18.2. The summed E-state index contributed by atoms with van der Waals surface area (Å²) in [6.45, 7) is 3.68. The summed E-state index contributed by atoms with van der Waals surface area (Å²) < 4.78 is 19.1. The molecule has 130 valence electrons. The standard InChI is InChI=1S/C15H14BrFN6O2/c1-3-25-14(24)12-8(2)20-15(23-19-7-18-22-23)21-13(12)10-5-4-9(17)6-11(10)16/h4-7,13H,3H2,1-2H3,(H,20,21). The molecule has 8 nitrogen and oxygen atoms in total. The Morgan fingerprint density at radius 3 is 2.92 bits per heavy atom. The van der Waals surface area contributed by atoms with Crippen molar-refractivity contribution in [2.75, 3.05) is 6.61 Å². The van der Waals surface area contributed by atoms with E-state index in [-0.39, 0.29) is 6.61 Å². The van der Waals surface area contributed by atoms with Crippen LogP contribution in [0.5, 0.6) is 0 Å². The number of halogens is 2. The Kier molecular flexibility index (Phi) is 4.88. The topological polar surface area (TPSA) is 94.3 Å². The van der Waals surface area contributed by atoms with Gasteiger partial charge in [-0.1, -0.05) is 26.8 Å². The van der Waals surface area contributed by atoms with Gasteiger partial charge in [0.15, 0.2) is 6.33 Å². The molecule has 0 saturated carbocycles. The Bertz CT molecular complexity index is 865. The number of ether oxygens (including phenoxy) is 1. The van der Waals surface area contributed by atoms with Gasteiger partial charge in [0.05, 0.1) is 12.2 Å². The number of aliphatic imine (C=N–C) groups is 1. The van der Waals surface area contributed by atoms with Crippen molar-refractivity contribution in [1.82, 2.24) is 25.5 Å². The van der Waals surface area contributed by atoms with Crippen LogP contribution in [0.2, 0.25) is 0 Å². The van der Waals surface area contributed by atoms with E-state index < -0.39 is 17.8 Å². The number of esters is 1. The zero-order valence-corrected chi connectivity index (χ0v) is 15.0. The van der Waals surface area contributed by atoms with Gasteiger partial charge in [-0.05, 0) is 36.8 Å².